The van der Waals surface area contributed by atoms with Crippen molar-refractivity contribution in [3.8, 4) is 0 Å². The van der Waals surface area contributed by atoms with Crippen molar-refractivity contribution in [3.63, 3.8) is 0 Å². The van der Waals surface area contributed by atoms with E-state index in [9.17, 15) is 0 Å². The summed E-state index contributed by atoms with van der Waals surface area (Å²) < 4.78 is 0.937. The van der Waals surface area contributed by atoms with Crippen LogP contribution < -0.4 is 0 Å². The van der Waals surface area contributed by atoms with E-state index in [1.165, 1.54) is 0 Å². The number of nitrogens with zero attached hydrogens (tertiary/aromatic N) is 2. The molecule has 0 saturated heterocycles. The maximum absolute atomic E-state index is 4.22. The minimum Gasteiger partial charge on any atom is -0.261 e. The third-order valence-electron chi connectivity index (χ3n) is 0.942. The maximum atomic E-state index is 4.22. The molecular formula is C6H7IN2. The molecule has 1 rings (SSSR count). The normalized spacial score (nSPS) is 9.56. The first-order chi connectivity index (χ1) is 4.33. The zero-order chi connectivity index (χ0) is 6.69. The molecule has 0 aromatic carbocycles. The van der Waals surface area contributed by atoms with Gasteiger partial charge in [0, 0.05) is 16.8 Å². The van der Waals surface area contributed by atoms with Crippen molar-refractivity contribution in [2.45, 2.75) is 11.4 Å². The summed E-state index contributed by atoms with van der Waals surface area (Å²) in [7, 11) is 0. The van der Waals surface area contributed by atoms with E-state index in [4.69, 9.17) is 0 Å². The van der Waals surface area contributed by atoms with Crippen LogP contribution in [-0.4, -0.2) is 9.97 Å². The number of hydrogen-bond donors (Lipinski definition) is 0. The van der Waals surface area contributed by atoms with Crippen LogP contribution in [0.3, 0.4) is 0 Å². The molecule has 9 heavy (non-hydrogen) atoms. The van der Waals surface area contributed by atoms with Gasteiger partial charge in [-0.2, -0.15) is 0 Å². The van der Waals surface area contributed by atoms with E-state index in [2.05, 4.69) is 32.6 Å². The molecule has 2 nitrogen and oxygen atoms in total. The SMILES string of the molecule is Cc1cncc(CI)n1. The summed E-state index contributed by atoms with van der Waals surface area (Å²) in [6.07, 6.45) is 3.55. The Kier molecular flexibility index (Phi) is 2.38. The van der Waals surface area contributed by atoms with E-state index < -0.39 is 0 Å². The topological polar surface area (TPSA) is 25.8 Å². The standard InChI is InChI=1S/C6H7IN2/c1-5-3-8-4-6(2-7)9-5/h3-4H,2H2,1H3. The Hall–Kier alpha value is -0.190. The highest BCUT2D eigenvalue weighted by Crippen LogP contribution is 1.99. The van der Waals surface area contributed by atoms with Crippen LogP contribution in [0, 0.1) is 6.92 Å². The van der Waals surface area contributed by atoms with E-state index in [0.717, 1.165) is 15.8 Å². The van der Waals surface area contributed by atoms with Gasteiger partial charge < -0.3 is 0 Å². The monoisotopic (exact) mass is 234 g/mol. The second kappa shape index (κ2) is 3.10. The maximum Gasteiger partial charge on any atom is 0.0687 e. The first kappa shape index (κ1) is 6.92. The van der Waals surface area contributed by atoms with Gasteiger partial charge in [-0.05, 0) is 6.92 Å². The van der Waals surface area contributed by atoms with E-state index in [1.807, 2.05) is 6.92 Å². The lowest BCUT2D eigenvalue weighted by Gasteiger charge is -1.92. The molecule has 0 aliphatic heterocycles. The van der Waals surface area contributed by atoms with Crippen molar-refractivity contribution in [1.29, 1.82) is 0 Å². The Morgan fingerprint density at radius 1 is 1.56 bits per heavy atom. The fourth-order valence-corrected chi connectivity index (χ4v) is 0.947. The molecular weight excluding hydrogens is 227 g/mol. The van der Waals surface area contributed by atoms with Gasteiger partial charge in [-0.25, -0.2) is 0 Å². The van der Waals surface area contributed by atoms with E-state index >= 15 is 0 Å². The van der Waals surface area contributed by atoms with Crippen LogP contribution in [0.5, 0.6) is 0 Å². The molecule has 0 radical (unpaired) electrons. The quantitative estimate of drug-likeness (QED) is 0.546. The van der Waals surface area contributed by atoms with Gasteiger partial charge in [-0.1, -0.05) is 22.6 Å². The summed E-state index contributed by atoms with van der Waals surface area (Å²) in [5, 5.41) is 0. The van der Waals surface area contributed by atoms with Gasteiger partial charge in [0.05, 0.1) is 11.4 Å². The van der Waals surface area contributed by atoms with Gasteiger partial charge in [0.25, 0.3) is 0 Å². The Morgan fingerprint density at radius 3 is 2.78 bits per heavy atom. The van der Waals surface area contributed by atoms with Gasteiger partial charge in [0.1, 0.15) is 0 Å². The minimum absolute atomic E-state index is 0.937. The third-order valence-corrected chi connectivity index (χ3v) is 1.72. The van der Waals surface area contributed by atoms with Crippen LogP contribution in [-0.2, 0) is 4.43 Å². The molecule has 0 bridgehead atoms. The first-order valence-corrected chi connectivity index (χ1v) is 4.19. The van der Waals surface area contributed by atoms with Gasteiger partial charge >= 0.3 is 0 Å². The molecule has 48 valence electrons. The van der Waals surface area contributed by atoms with Crippen LogP contribution in [0.1, 0.15) is 11.4 Å². The number of rotatable bonds is 1. The summed E-state index contributed by atoms with van der Waals surface area (Å²) in [6, 6.07) is 0. The van der Waals surface area contributed by atoms with Gasteiger partial charge in [0.2, 0.25) is 0 Å². The fraction of sp³-hybridized carbons (Fsp3) is 0.333. The average molecular weight is 234 g/mol. The summed E-state index contributed by atoms with van der Waals surface area (Å²) in [4.78, 5) is 8.21. The highest BCUT2D eigenvalue weighted by atomic mass is 127. The highest BCUT2D eigenvalue weighted by Gasteiger charge is 1.89. The van der Waals surface area contributed by atoms with Crippen molar-refractivity contribution < 1.29 is 0 Å². The summed E-state index contributed by atoms with van der Waals surface area (Å²) in [5.74, 6) is 0. The third kappa shape index (κ3) is 1.89. The Labute approximate surface area is 67.9 Å². The molecule has 0 spiro atoms. The molecule has 3 heteroatoms. The number of hydrogen-bond acceptors (Lipinski definition) is 2. The van der Waals surface area contributed by atoms with Crippen molar-refractivity contribution in [1.82, 2.24) is 9.97 Å². The lowest BCUT2D eigenvalue weighted by molar-refractivity contribution is 1.05. The summed E-state index contributed by atoms with van der Waals surface area (Å²) in [6.45, 7) is 1.95. The lowest BCUT2D eigenvalue weighted by atomic mass is 10.4. The predicted octanol–water partition coefficient (Wildman–Crippen LogP) is 1.72. The molecule has 0 aliphatic carbocycles. The van der Waals surface area contributed by atoms with Crippen molar-refractivity contribution in [3.05, 3.63) is 23.8 Å². The Balaban J connectivity index is 2.94. The number of halogens is 1. The molecule has 0 aliphatic rings. The van der Waals surface area contributed by atoms with Crippen LogP contribution in [0.15, 0.2) is 12.4 Å². The Morgan fingerprint density at radius 2 is 2.33 bits per heavy atom. The van der Waals surface area contributed by atoms with E-state index in [1.54, 1.807) is 12.4 Å². The summed E-state index contributed by atoms with van der Waals surface area (Å²) in [5.41, 5.74) is 2.04. The average Bonchev–Trinajstić information content (AvgIpc) is 1.88. The van der Waals surface area contributed by atoms with Crippen LogP contribution >= 0.6 is 22.6 Å². The van der Waals surface area contributed by atoms with Crippen molar-refractivity contribution in [2.75, 3.05) is 0 Å². The van der Waals surface area contributed by atoms with E-state index in [-0.39, 0.29) is 0 Å². The van der Waals surface area contributed by atoms with E-state index in [0.29, 0.717) is 0 Å². The van der Waals surface area contributed by atoms with Crippen LogP contribution in [0.4, 0.5) is 0 Å². The lowest BCUT2D eigenvalue weighted by Crippen LogP contribution is -1.88. The number of aromatic nitrogens is 2. The zero-order valence-corrected chi connectivity index (χ0v) is 7.29. The zero-order valence-electron chi connectivity index (χ0n) is 5.13. The molecule has 1 aromatic rings. The fourth-order valence-electron chi connectivity index (χ4n) is 0.580. The molecule has 0 unspecified atom stereocenters. The minimum atomic E-state index is 0.937. The van der Waals surface area contributed by atoms with Crippen LogP contribution in [0.2, 0.25) is 0 Å². The summed E-state index contributed by atoms with van der Waals surface area (Å²) >= 11 is 2.27. The first-order valence-electron chi connectivity index (χ1n) is 2.66. The smallest absolute Gasteiger partial charge is 0.0687 e. The number of alkyl halides is 1. The molecule has 1 heterocycles. The molecule has 0 fully saturated rings. The Bertz CT molecular complexity index is 200. The van der Waals surface area contributed by atoms with Gasteiger partial charge in [0.15, 0.2) is 0 Å². The van der Waals surface area contributed by atoms with Gasteiger partial charge in [-0.3, -0.25) is 9.97 Å². The second-order valence-corrected chi connectivity index (χ2v) is 2.55. The van der Waals surface area contributed by atoms with Crippen molar-refractivity contribution >= 4 is 22.6 Å². The molecule has 0 N–H and O–H groups in total. The van der Waals surface area contributed by atoms with Crippen LogP contribution in [0.25, 0.3) is 0 Å². The van der Waals surface area contributed by atoms with Gasteiger partial charge in [-0.15, -0.1) is 0 Å². The highest BCUT2D eigenvalue weighted by molar-refractivity contribution is 14.1. The molecule has 1 aromatic heterocycles. The predicted molar refractivity (Wildman–Crippen MR) is 44.5 cm³/mol. The number of aryl methyl sites for hydroxylation is 1. The molecule has 0 atom stereocenters. The largest absolute Gasteiger partial charge is 0.261 e. The molecule has 0 saturated carbocycles. The van der Waals surface area contributed by atoms with Crippen molar-refractivity contribution in [2.24, 2.45) is 0 Å². The second-order valence-electron chi connectivity index (χ2n) is 1.79. The molecule has 0 amide bonds.